The van der Waals surface area contributed by atoms with Gasteiger partial charge >= 0.3 is 5.97 Å². The van der Waals surface area contributed by atoms with Crippen molar-refractivity contribution in [2.24, 2.45) is 0 Å². The molecule has 0 fully saturated rings. The lowest BCUT2D eigenvalue weighted by Gasteiger charge is -2.40. The summed E-state index contributed by atoms with van der Waals surface area (Å²) >= 11 is 0. The molecule has 8 aromatic carbocycles. The Bertz CT molecular complexity index is 3670. The first-order valence-electron chi connectivity index (χ1n) is 28.1. The van der Waals surface area contributed by atoms with Crippen LogP contribution < -0.4 is 28.7 Å². The van der Waals surface area contributed by atoms with E-state index in [1.54, 1.807) is 28.4 Å². The van der Waals surface area contributed by atoms with Crippen LogP contribution in [0.5, 0.6) is 23.0 Å². The highest BCUT2D eigenvalue weighted by atomic mass is 16.5. The third kappa shape index (κ3) is 7.89. The molecule has 80 heavy (non-hydrogen) atoms. The molecule has 0 bridgehead atoms. The third-order valence-electron chi connectivity index (χ3n) is 18.5. The van der Waals surface area contributed by atoms with E-state index < -0.39 is 22.2 Å². The second kappa shape index (κ2) is 20.8. The Morgan fingerprint density at radius 2 is 0.738 bits per heavy atom. The molecule has 9 heteroatoms. The minimum Gasteiger partial charge on any atom is -0.497 e. The van der Waals surface area contributed by atoms with Gasteiger partial charge in [0.15, 0.2) is 0 Å². The highest BCUT2D eigenvalue weighted by molar-refractivity contribution is 6.07. The van der Waals surface area contributed by atoms with Crippen LogP contribution in [-0.4, -0.2) is 39.5 Å². The van der Waals surface area contributed by atoms with Crippen molar-refractivity contribution < 1.29 is 28.8 Å². The quantitative estimate of drug-likeness (QED) is 0.0664. The van der Waals surface area contributed by atoms with Crippen molar-refractivity contribution in [1.29, 1.82) is 5.26 Å². The molecule has 0 saturated heterocycles. The van der Waals surface area contributed by atoms with Gasteiger partial charge in [0, 0.05) is 50.4 Å². The van der Waals surface area contributed by atoms with Crippen molar-refractivity contribution in [1.82, 2.24) is 0 Å². The SMILES string of the molecule is CCC1(CC)c2cc(N(c3ccc(OC)cc3)c3ccc(OC)cc3)ccc2-c2c3c(c4c(c21)-c1ccc(/C=C(\C#N)C(=O)O)cc1C4(CC)CC)C(CC)(CC)c1cc(N(c2ccc(OC)cc2)c2ccc(OC)cc2)ccc1-3. The monoisotopic (exact) mass is 1060 g/mol. The Morgan fingerprint density at radius 1 is 0.438 bits per heavy atom. The van der Waals surface area contributed by atoms with Gasteiger partial charge in [-0.1, -0.05) is 71.9 Å². The molecule has 0 atom stereocenters. The van der Waals surface area contributed by atoms with Crippen LogP contribution in [0.15, 0.2) is 157 Å². The maximum Gasteiger partial charge on any atom is 0.346 e. The maximum atomic E-state index is 12.4. The van der Waals surface area contributed by atoms with Crippen LogP contribution in [0.2, 0.25) is 0 Å². The lowest BCUT2D eigenvalue weighted by molar-refractivity contribution is -0.132. The molecule has 9 nitrogen and oxygen atoms in total. The summed E-state index contributed by atoms with van der Waals surface area (Å²) in [5.74, 6) is 1.91. The average Bonchev–Trinajstić information content (AvgIpc) is 3.50. The van der Waals surface area contributed by atoms with Crippen molar-refractivity contribution >= 4 is 46.2 Å². The number of carboxylic acids is 1. The van der Waals surface area contributed by atoms with Crippen LogP contribution in [0.4, 0.5) is 34.1 Å². The minimum atomic E-state index is -1.24. The Balaban J connectivity index is 1.25. The van der Waals surface area contributed by atoms with E-state index in [9.17, 15) is 15.2 Å². The van der Waals surface area contributed by atoms with Crippen molar-refractivity contribution in [2.45, 2.75) is 96.3 Å². The molecule has 8 aromatic rings. The van der Waals surface area contributed by atoms with E-state index in [-0.39, 0.29) is 5.57 Å². The van der Waals surface area contributed by atoms with Crippen LogP contribution in [0.25, 0.3) is 39.5 Å². The number of nitrogens with zero attached hydrogens (tertiary/aromatic N) is 3. The number of nitriles is 1. The first kappa shape index (κ1) is 53.3. The van der Waals surface area contributed by atoms with E-state index in [1.807, 2.05) is 60.7 Å². The fraction of sp³-hybridized carbons (Fsp3) is 0.268. The van der Waals surface area contributed by atoms with E-state index in [4.69, 9.17) is 18.9 Å². The summed E-state index contributed by atoms with van der Waals surface area (Å²) in [6, 6.07) is 55.9. The van der Waals surface area contributed by atoms with Gasteiger partial charge in [-0.2, -0.15) is 5.26 Å². The van der Waals surface area contributed by atoms with Crippen LogP contribution in [-0.2, 0) is 21.0 Å². The molecule has 3 aliphatic rings. The molecule has 11 rings (SSSR count). The van der Waals surface area contributed by atoms with Gasteiger partial charge in [0.05, 0.1) is 28.4 Å². The summed E-state index contributed by atoms with van der Waals surface area (Å²) in [4.78, 5) is 17.0. The number of methoxy groups -OCH3 is 4. The summed E-state index contributed by atoms with van der Waals surface area (Å²) in [6.45, 7) is 14.1. The van der Waals surface area contributed by atoms with Gasteiger partial charge in [0.1, 0.15) is 34.6 Å². The van der Waals surface area contributed by atoms with Crippen molar-refractivity contribution in [2.75, 3.05) is 38.2 Å². The maximum absolute atomic E-state index is 12.4. The summed E-state index contributed by atoms with van der Waals surface area (Å²) in [5, 5.41) is 20.1. The molecule has 0 spiro atoms. The molecule has 0 unspecified atom stereocenters. The van der Waals surface area contributed by atoms with E-state index in [0.717, 1.165) is 95.6 Å². The molecule has 1 N–H and O–H groups in total. The van der Waals surface area contributed by atoms with Crippen LogP contribution in [0, 0.1) is 11.3 Å². The zero-order valence-corrected chi connectivity index (χ0v) is 47.6. The Hall–Kier alpha value is -8.74. The van der Waals surface area contributed by atoms with Gasteiger partial charge in [0.25, 0.3) is 0 Å². The van der Waals surface area contributed by atoms with E-state index >= 15 is 0 Å². The number of hydrogen-bond acceptors (Lipinski definition) is 8. The molecular formula is C71H69N3O6. The smallest absolute Gasteiger partial charge is 0.346 e. The lowest BCUT2D eigenvalue weighted by Crippen LogP contribution is -2.32. The van der Waals surface area contributed by atoms with Gasteiger partial charge < -0.3 is 33.9 Å². The lowest BCUT2D eigenvalue weighted by atomic mass is 9.63. The molecule has 0 aliphatic heterocycles. The Morgan fingerprint density at radius 3 is 1.07 bits per heavy atom. The highest BCUT2D eigenvalue weighted by Gasteiger charge is 2.57. The standard InChI is InChI=1S/C71H69N3O6/c1-11-69(12-2)60-41-50(73(46-18-28-52(77-7)29-19-46)47-20-30-53(78-8)31-21-47)26-37-56(60)62-63-57-38-27-51(74(48-22-32-54(79-9)33-23-48)49-24-34-55(80-10)35-25-49)42-61(57)71(15-5,16-6)66(63)67-64(65(62)69)58-36-17-44(39-45(43-72)68(75)76)40-59(58)70(67,13-3)14-4/h17-42H,11-16H2,1-10H3,(H,75,76)/b45-39+. The van der Waals surface area contributed by atoms with Gasteiger partial charge in [-0.3, -0.25) is 0 Å². The molecule has 0 radical (unpaired) electrons. The molecule has 0 saturated carbocycles. The van der Waals surface area contributed by atoms with Crippen LogP contribution >= 0.6 is 0 Å². The van der Waals surface area contributed by atoms with E-state index in [2.05, 4.69) is 148 Å². The largest absolute Gasteiger partial charge is 0.497 e. The third-order valence-corrected chi connectivity index (χ3v) is 18.5. The molecule has 0 aromatic heterocycles. The molecular weight excluding hydrogens is 991 g/mol. The van der Waals surface area contributed by atoms with Crippen molar-refractivity contribution in [3.05, 3.63) is 196 Å². The highest BCUT2D eigenvalue weighted by Crippen LogP contribution is 2.71. The van der Waals surface area contributed by atoms with E-state index in [0.29, 0.717) is 5.56 Å². The Labute approximate surface area is 471 Å². The van der Waals surface area contributed by atoms with E-state index in [1.165, 1.54) is 72.8 Å². The second-order valence-corrected chi connectivity index (χ2v) is 21.3. The normalized spacial score (nSPS) is 14.4. The first-order chi connectivity index (χ1) is 38.9. The zero-order chi connectivity index (χ0) is 56.3. The van der Waals surface area contributed by atoms with Crippen LogP contribution in [0.3, 0.4) is 0 Å². The number of aliphatic carboxylic acids is 1. The van der Waals surface area contributed by atoms with Gasteiger partial charge in [-0.25, -0.2) is 4.79 Å². The fourth-order valence-electron chi connectivity index (χ4n) is 14.3. The number of hydrogen-bond donors (Lipinski definition) is 1. The number of rotatable bonds is 18. The van der Waals surface area contributed by atoms with Crippen molar-refractivity contribution in [3.8, 4) is 62.4 Å². The predicted octanol–water partition coefficient (Wildman–Crippen LogP) is 17.9. The number of benzene rings is 8. The summed E-state index contributed by atoms with van der Waals surface area (Å²) < 4.78 is 22.6. The minimum absolute atomic E-state index is 0.290. The van der Waals surface area contributed by atoms with Crippen molar-refractivity contribution in [3.63, 3.8) is 0 Å². The molecule has 3 aliphatic carbocycles. The summed E-state index contributed by atoms with van der Waals surface area (Å²) in [5.41, 5.74) is 20.9. The molecule has 0 amide bonds. The topological polar surface area (TPSA) is 104 Å². The number of carboxylic acid groups (broad SMARTS) is 1. The first-order valence-corrected chi connectivity index (χ1v) is 28.1. The summed E-state index contributed by atoms with van der Waals surface area (Å²) in [6.07, 6.45) is 6.60. The van der Waals surface area contributed by atoms with Crippen LogP contribution in [0.1, 0.15) is 119 Å². The van der Waals surface area contributed by atoms with Gasteiger partial charge in [-0.05, 0) is 238 Å². The number of ether oxygens (including phenoxy) is 4. The number of carbonyl (C=O) groups is 1. The summed E-state index contributed by atoms with van der Waals surface area (Å²) in [7, 11) is 6.79. The number of anilines is 6. The van der Waals surface area contributed by atoms with Gasteiger partial charge in [0.2, 0.25) is 0 Å². The number of fused-ring (bicyclic) bond motifs is 12. The second-order valence-electron chi connectivity index (χ2n) is 21.3. The van der Waals surface area contributed by atoms with Gasteiger partial charge in [-0.15, -0.1) is 0 Å². The fourth-order valence-corrected chi connectivity index (χ4v) is 14.3. The molecule has 0 heterocycles. The Kier molecular flexibility index (Phi) is 13.9. The zero-order valence-electron chi connectivity index (χ0n) is 47.6. The predicted molar refractivity (Wildman–Crippen MR) is 324 cm³/mol. The molecule has 404 valence electrons. The average molecular weight is 1060 g/mol.